The van der Waals surface area contributed by atoms with Gasteiger partial charge in [0.2, 0.25) is 0 Å². The largest absolute Gasteiger partial charge is 0.326 e. The zero-order valence-corrected chi connectivity index (χ0v) is 16.6. The van der Waals surface area contributed by atoms with Crippen LogP contribution in [0.1, 0.15) is 16.7 Å². The van der Waals surface area contributed by atoms with Gasteiger partial charge in [-0.2, -0.15) is 0 Å². The van der Waals surface area contributed by atoms with Gasteiger partial charge in [0.25, 0.3) is 5.91 Å². The monoisotopic (exact) mass is 403 g/mol. The lowest BCUT2D eigenvalue weighted by Crippen LogP contribution is -2.46. The van der Waals surface area contributed by atoms with E-state index in [4.69, 9.17) is 0 Å². The Morgan fingerprint density at radius 1 is 0.900 bits per heavy atom. The van der Waals surface area contributed by atoms with Crippen LogP contribution in [0.4, 0.5) is 9.18 Å². The fourth-order valence-corrected chi connectivity index (χ4v) is 3.88. The summed E-state index contributed by atoms with van der Waals surface area (Å²) in [5.74, 6) is -0.654. The van der Waals surface area contributed by atoms with Crippen molar-refractivity contribution >= 4 is 11.9 Å². The highest BCUT2D eigenvalue weighted by Gasteiger charge is 2.53. The number of nitrogens with one attached hydrogen (secondary N) is 1. The van der Waals surface area contributed by atoms with E-state index in [1.54, 1.807) is 18.0 Å². The average Bonchev–Trinajstić information content (AvgIpc) is 3.00. The van der Waals surface area contributed by atoms with Gasteiger partial charge in [0.15, 0.2) is 5.54 Å². The van der Waals surface area contributed by atoms with Crippen LogP contribution in [-0.4, -0.2) is 35.5 Å². The summed E-state index contributed by atoms with van der Waals surface area (Å²) < 4.78 is 13.5. The summed E-state index contributed by atoms with van der Waals surface area (Å²) in [6.45, 7) is 0.487. The maximum atomic E-state index is 13.6. The van der Waals surface area contributed by atoms with Gasteiger partial charge in [0.1, 0.15) is 5.82 Å². The number of benzene rings is 3. The van der Waals surface area contributed by atoms with Crippen molar-refractivity contribution in [1.82, 2.24) is 15.1 Å². The molecular weight excluding hydrogens is 381 g/mol. The average molecular weight is 403 g/mol. The van der Waals surface area contributed by atoms with Crippen LogP contribution in [0.25, 0.3) is 0 Å². The fraction of sp³-hybridized carbons (Fsp3) is 0.167. The van der Waals surface area contributed by atoms with Crippen molar-refractivity contribution in [2.24, 2.45) is 0 Å². The minimum Gasteiger partial charge on any atom is -0.315 e. The Bertz CT molecular complexity index is 1020. The number of halogens is 1. The Morgan fingerprint density at radius 3 is 2.07 bits per heavy atom. The Hall–Kier alpha value is -3.51. The molecule has 0 aliphatic carbocycles. The zero-order valence-electron chi connectivity index (χ0n) is 16.6. The second-order valence-electron chi connectivity index (χ2n) is 7.43. The van der Waals surface area contributed by atoms with E-state index in [1.807, 2.05) is 66.7 Å². The van der Waals surface area contributed by atoms with Crippen LogP contribution < -0.4 is 5.32 Å². The molecule has 30 heavy (non-hydrogen) atoms. The second kappa shape index (κ2) is 8.08. The highest BCUT2D eigenvalue weighted by atomic mass is 19.1. The molecule has 5 nitrogen and oxygen atoms in total. The summed E-state index contributed by atoms with van der Waals surface area (Å²) >= 11 is 0. The third-order valence-electron chi connectivity index (χ3n) is 5.24. The smallest absolute Gasteiger partial charge is 0.315 e. The van der Waals surface area contributed by atoms with E-state index in [9.17, 15) is 14.0 Å². The number of carbonyl (C=O) groups excluding carboxylic acids is 2. The van der Waals surface area contributed by atoms with Gasteiger partial charge in [0, 0.05) is 6.54 Å². The summed E-state index contributed by atoms with van der Waals surface area (Å²) in [7, 11) is 1.79. The number of hydrogen-bond donors (Lipinski definition) is 1. The number of urea groups is 1. The van der Waals surface area contributed by atoms with Gasteiger partial charge in [-0.15, -0.1) is 0 Å². The first-order valence-corrected chi connectivity index (χ1v) is 9.69. The van der Waals surface area contributed by atoms with Gasteiger partial charge in [-0.3, -0.25) is 9.69 Å². The third-order valence-corrected chi connectivity index (χ3v) is 5.24. The van der Waals surface area contributed by atoms with Gasteiger partial charge in [-0.25, -0.2) is 14.1 Å². The van der Waals surface area contributed by atoms with Crippen molar-refractivity contribution in [3.05, 3.63) is 107 Å². The lowest BCUT2D eigenvalue weighted by Gasteiger charge is -2.28. The zero-order chi connectivity index (χ0) is 21.1. The van der Waals surface area contributed by atoms with Crippen LogP contribution in [0.2, 0.25) is 0 Å². The van der Waals surface area contributed by atoms with Crippen LogP contribution in [0.5, 0.6) is 0 Å². The maximum Gasteiger partial charge on any atom is 0.326 e. The number of hydrogen-bond acceptors (Lipinski definition) is 3. The van der Waals surface area contributed by atoms with Crippen molar-refractivity contribution in [2.75, 3.05) is 13.7 Å². The predicted octanol–water partition coefficient (Wildman–Crippen LogP) is 3.71. The molecule has 3 aromatic rings. The molecule has 0 bridgehead atoms. The first-order chi connectivity index (χ1) is 14.5. The molecule has 1 saturated heterocycles. The number of nitrogens with zero attached hydrogens (tertiary/aromatic N) is 2. The van der Waals surface area contributed by atoms with Crippen LogP contribution in [0.15, 0.2) is 84.9 Å². The predicted molar refractivity (Wildman–Crippen MR) is 112 cm³/mol. The van der Waals surface area contributed by atoms with E-state index in [1.165, 1.54) is 17.0 Å². The molecule has 6 heteroatoms. The van der Waals surface area contributed by atoms with E-state index >= 15 is 0 Å². The molecule has 0 saturated carbocycles. The summed E-state index contributed by atoms with van der Waals surface area (Å²) in [4.78, 5) is 29.5. The van der Waals surface area contributed by atoms with E-state index < -0.39 is 11.6 Å². The molecule has 4 rings (SSSR count). The fourth-order valence-electron chi connectivity index (χ4n) is 3.88. The topological polar surface area (TPSA) is 52.6 Å². The molecule has 3 aromatic carbocycles. The summed E-state index contributed by atoms with van der Waals surface area (Å²) in [6.07, 6.45) is 0. The summed E-state index contributed by atoms with van der Waals surface area (Å²) in [5.41, 5.74) is 0.885. The highest BCUT2D eigenvalue weighted by Crippen LogP contribution is 2.36. The van der Waals surface area contributed by atoms with Crippen LogP contribution >= 0.6 is 0 Å². The van der Waals surface area contributed by atoms with Crippen molar-refractivity contribution in [3.63, 3.8) is 0 Å². The van der Waals surface area contributed by atoms with Crippen molar-refractivity contribution in [1.29, 1.82) is 0 Å². The molecule has 152 valence electrons. The lowest BCUT2D eigenvalue weighted by molar-refractivity contribution is -0.131. The van der Waals surface area contributed by atoms with Crippen molar-refractivity contribution in [3.8, 4) is 0 Å². The lowest BCUT2D eigenvalue weighted by atomic mass is 9.83. The standard InChI is InChI=1S/C24H22FN3O2/c1-27(16-18-9-8-14-21(25)15-18)17-28-22(29)24(26-23(28)30,19-10-4-2-5-11-19)20-12-6-3-7-13-20/h2-15H,16-17H2,1H3,(H,26,30). The molecule has 0 spiro atoms. The van der Waals surface area contributed by atoms with Gasteiger partial charge in [-0.05, 0) is 35.9 Å². The Labute approximate surface area is 174 Å². The molecule has 1 fully saturated rings. The summed E-state index contributed by atoms with van der Waals surface area (Å²) in [5, 5.41) is 2.93. The molecular formula is C24H22FN3O2. The molecule has 1 heterocycles. The van der Waals surface area contributed by atoms with E-state index in [0.717, 1.165) is 5.56 Å². The van der Waals surface area contributed by atoms with Crippen LogP contribution in [0, 0.1) is 5.82 Å². The quantitative estimate of drug-likeness (QED) is 0.639. The van der Waals surface area contributed by atoms with Gasteiger partial charge in [-0.1, -0.05) is 72.8 Å². The molecule has 0 radical (unpaired) electrons. The summed E-state index contributed by atoms with van der Waals surface area (Å²) in [6, 6.07) is 24.3. The minimum absolute atomic E-state index is 0.0859. The molecule has 1 aliphatic rings. The maximum absolute atomic E-state index is 13.6. The molecule has 0 atom stereocenters. The van der Waals surface area contributed by atoms with E-state index in [-0.39, 0.29) is 18.4 Å². The van der Waals surface area contributed by atoms with Gasteiger partial charge in [0.05, 0.1) is 6.67 Å². The van der Waals surface area contributed by atoms with E-state index in [0.29, 0.717) is 17.7 Å². The molecule has 0 aromatic heterocycles. The van der Waals surface area contributed by atoms with Crippen molar-refractivity contribution < 1.29 is 14.0 Å². The Morgan fingerprint density at radius 2 is 1.50 bits per heavy atom. The first-order valence-electron chi connectivity index (χ1n) is 9.69. The van der Waals surface area contributed by atoms with Crippen LogP contribution in [0.3, 0.4) is 0 Å². The molecule has 3 amide bonds. The van der Waals surface area contributed by atoms with Gasteiger partial charge >= 0.3 is 6.03 Å². The number of amides is 3. The minimum atomic E-state index is -1.28. The first kappa shape index (κ1) is 19.8. The SMILES string of the molecule is CN(Cc1cccc(F)c1)CN1C(=O)NC(c2ccccc2)(c2ccccc2)C1=O. The van der Waals surface area contributed by atoms with Crippen molar-refractivity contribution in [2.45, 2.75) is 12.1 Å². The molecule has 1 aliphatic heterocycles. The van der Waals surface area contributed by atoms with Gasteiger partial charge < -0.3 is 5.32 Å². The van der Waals surface area contributed by atoms with E-state index in [2.05, 4.69) is 5.32 Å². The second-order valence-corrected chi connectivity index (χ2v) is 7.43. The number of imide groups is 1. The highest BCUT2D eigenvalue weighted by molar-refractivity contribution is 6.09. The Kier molecular flexibility index (Phi) is 5.33. The molecule has 1 N–H and O–H groups in total. The Balaban J connectivity index is 1.64. The number of carbonyl (C=O) groups is 2. The molecule has 0 unspecified atom stereocenters. The normalized spacial score (nSPS) is 15.5. The third kappa shape index (κ3) is 3.57. The number of rotatable bonds is 6. The van der Waals surface area contributed by atoms with Crippen LogP contribution in [-0.2, 0) is 16.9 Å².